The minimum Gasteiger partial charge on any atom is -0.356 e. The van der Waals surface area contributed by atoms with Gasteiger partial charge in [0.2, 0.25) is 0 Å². The Morgan fingerprint density at radius 3 is 3.00 bits per heavy atom. The summed E-state index contributed by atoms with van der Waals surface area (Å²) in [6.07, 6.45) is 1.07. The van der Waals surface area contributed by atoms with Gasteiger partial charge in [-0.2, -0.15) is 11.8 Å². The average Bonchev–Trinajstić information content (AvgIpc) is 2.91. The van der Waals surface area contributed by atoms with Gasteiger partial charge in [0.25, 0.3) is 5.69 Å². The molecule has 1 aromatic rings. The topological polar surface area (TPSA) is 97.3 Å². The summed E-state index contributed by atoms with van der Waals surface area (Å²) in [6.45, 7) is 0. The van der Waals surface area contributed by atoms with Crippen molar-refractivity contribution in [3.05, 3.63) is 22.2 Å². The van der Waals surface area contributed by atoms with E-state index < -0.39 is 4.92 Å². The van der Waals surface area contributed by atoms with Crippen LogP contribution >= 0.6 is 11.8 Å². The number of nitrogens with two attached hydrogens (primary N) is 1. The fourth-order valence-corrected chi connectivity index (χ4v) is 3.14. The second-order valence-electron chi connectivity index (χ2n) is 4.10. The SMILES string of the molecule is CN(c1cc([N+](=O)[O-])cc(NN)n1)C1CCSC1. The Labute approximate surface area is 109 Å². The van der Waals surface area contributed by atoms with Crippen LogP contribution in [0.15, 0.2) is 12.1 Å². The molecule has 0 spiro atoms. The second-order valence-corrected chi connectivity index (χ2v) is 5.25. The normalized spacial score (nSPS) is 18.7. The maximum absolute atomic E-state index is 10.9. The first-order valence-corrected chi connectivity index (χ1v) is 6.71. The van der Waals surface area contributed by atoms with Crippen LogP contribution in [0.5, 0.6) is 0 Å². The quantitative estimate of drug-likeness (QED) is 0.481. The lowest BCUT2D eigenvalue weighted by atomic mass is 10.2. The number of rotatable bonds is 4. The molecule has 1 aliphatic rings. The molecule has 1 atom stereocenters. The fourth-order valence-electron chi connectivity index (χ4n) is 1.88. The van der Waals surface area contributed by atoms with Crippen LogP contribution in [-0.4, -0.2) is 34.5 Å². The fraction of sp³-hybridized carbons (Fsp3) is 0.500. The van der Waals surface area contributed by atoms with Gasteiger partial charge in [-0.3, -0.25) is 10.1 Å². The van der Waals surface area contributed by atoms with Crippen LogP contribution in [0.2, 0.25) is 0 Å². The van der Waals surface area contributed by atoms with E-state index in [0.29, 0.717) is 17.7 Å². The molecule has 0 bridgehead atoms. The zero-order valence-electron chi connectivity index (χ0n) is 10.00. The maximum Gasteiger partial charge on any atom is 0.276 e. The van der Waals surface area contributed by atoms with Gasteiger partial charge in [0, 0.05) is 18.8 Å². The number of anilines is 2. The zero-order valence-corrected chi connectivity index (χ0v) is 10.8. The predicted octanol–water partition coefficient (Wildman–Crippen LogP) is 1.22. The summed E-state index contributed by atoms with van der Waals surface area (Å²) in [4.78, 5) is 16.6. The average molecular weight is 269 g/mol. The number of hydrogen-bond acceptors (Lipinski definition) is 7. The smallest absolute Gasteiger partial charge is 0.276 e. The summed E-state index contributed by atoms with van der Waals surface area (Å²) in [5, 5.41) is 10.9. The predicted molar refractivity (Wildman–Crippen MR) is 72.8 cm³/mol. The van der Waals surface area contributed by atoms with Crippen LogP contribution in [0.25, 0.3) is 0 Å². The number of nitrogen functional groups attached to an aromatic ring is 1. The molecule has 0 radical (unpaired) electrons. The molecule has 3 N–H and O–H groups in total. The van der Waals surface area contributed by atoms with Crippen molar-refractivity contribution in [3.8, 4) is 0 Å². The van der Waals surface area contributed by atoms with E-state index in [4.69, 9.17) is 5.84 Å². The number of nitrogens with zero attached hydrogens (tertiary/aromatic N) is 3. The largest absolute Gasteiger partial charge is 0.356 e. The van der Waals surface area contributed by atoms with Gasteiger partial charge in [-0.1, -0.05) is 0 Å². The van der Waals surface area contributed by atoms with E-state index >= 15 is 0 Å². The van der Waals surface area contributed by atoms with Gasteiger partial charge in [0.05, 0.1) is 17.1 Å². The van der Waals surface area contributed by atoms with Crippen LogP contribution in [0.3, 0.4) is 0 Å². The molecule has 1 aromatic heterocycles. The molecule has 18 heavy (non-hydrogen) atoms. The van der Waals surface area contributed by atoms with Gasteiger partial charge in [-0.15, -0.1) is 0 Å². The monoisotopic (exact) mass is 269 g/mol. The number of thioether (sulfide) groups is 1. The number of aromatic nitrogens is 1. The Morgan fingerprint density at radius 2 is 2.44 bits per heavy atom. The molecule has 0 aromatic carbocycles. The Balaban J connectivity index is 2.30. The first-order valence-electron chi connectivity index (χ1n) is 5.55. The number of nitrogens with one attached hydrogen (secondary N) is 1. The summed E-state index contributed by atoms with van der Waals surface area (Å²) < 4.78 is 0. The minimum atomic E-state index is -0.441. The van der Waals surface area contributed by atoms with Crippen molar-refractivity contribution in [2.24, 2.45) is 5.84 Å². The van der Waals surface area contributed by atoms with Crippen molar-refractivity contribution in [1.82, 2.24) is 4.98 Å². The van der Waals surface area contributed by atoms with Crippen molar-refractivity contribution in [2.75, 3.05) is 28.9 Å². The van der Waals surface area contributed by atoms with Crippen LogP contribution in [-0.2, 0) is 0 Å². The molecule has 7 nitrogen and oxygen atoms in total. The van der Waals surface area contributed by atoms with Crippen molar-refractivity contribution in [3.63, 3.8) is 0 Å². The van der Waals surface area contributed by atoms with Crippen molar-refractivity contribution in [1.29, 1.82) is 0 Å². The molecule has 1 unspecified atom stereocenters. The number of hydrazine groups is 1. The lowest BCUT2D eigenvalue weighted by Crippen LogP contribution is -2.32. The highest BCUT2D eigenvalue weighted by atomic mass is 32.2. The molecule has 2 heterocycles. The summed E-state index contributed by atoms with van der Waals surface area (Å²) in [7, 11) is 1.91. The van der Waals surface area contributed by atoms with E-state index in [2.05, 4.69) is 10.4 Å². The molecule has 1 aliphatic heterocycles. The Morgan fingerprint density at radius 1 is 1.67 bits per heavy atom. The van der Waals surface area contributed by atoms with Gasteiger partial charge >= 0.3 is 0 Å². The Bertz CT molecular complexity index is 450. The minimum absolute atomic E-state index is 0.00884. The maximum atomic E-state index is 10.9. The molecule has 98 valence electrons. The number of hydrogen-bond donors (Lipinski definition) is 2. The van der Waals surface area contributed by atoms with Gasteiger partial charge in [0.1, 0.15) is 11.6 Å². The van der Waals surface area contributed by atoms with Crippen molar-refractivity contribution in [2.45, 2.75) is 12.5 Å². The zero-order chi connectivity index (χ0) is 13.1. The first-order chi connectivity index (χ1) is 8.61. The second kappa shape index (κ2) is 5.40. The molecule has 0 saturated carbocycles. The lowest BCUT2D eigenvalue weighted by molar-refractivity contribution is -0.384. The molecule has 8 heteroatoms. The molecular weight excluding hydrogens is 254 g/mol. The lowest BCUT2D eigenvalue weighted by Gasteiger charge is -2.24. The van der Waals surface area contributed by atoms with E-state index in [1.165, 1.54) is 12.1 Å². The van der Waals surface area contributed by atoms with E-state index in [1.54, 1.807) is 0 Å². The van der Waals surface area contributed by atoms with Gasteiger partial charge in [-0.25, -0.2) is 10.8 Å². The summed E-state index contributed by atoms with van der Waals surface area (Å²) >= 11 is 1.88. The number of nitro groups is 1. The van der Waals surface area contributed by atoms with E-state index in [0.717, 1.165) is 17.9 Å². The molecular formula is C10H15N5O2S. The summed E-state index contributed by atoms with van der Waals surface area (Å²) in [5.74, 6) is 8.30. The van der Waals surface area contributed by atoms with Crippen molar-refractivity contribution >= 4 is 29.1 Å². The molecule has 2 rings (SSSR count). The summed E-state index contributed by atoms with van der Waals surface area (Å²) in [5.41, 5.74) is 2.35. The van der Waals surface area contributed by atoms with Crippen LogP contribution in [0.1, 0.15) is 6.42 Å². The van der Waals surface area contributed by atoms with E-state index in [1.807, 2.05) is 23.7 Å². The Hall–Kier alpha value is -1.54. The Kier molecular flexibility index (Phi) is 3.87. The third kappa shape index (κ3) is 2.65. The van der Waals surface area contributed by atoms with Gasteiger partial charge < -0.3 is 10.3 Å². The van der Waals surface area contributed by atoms with E-state index in [9.17, 15) is 10.1 Å². The molecule has 0 aliphatic carbocycles. The first kappa shape index (κ1) is 12.9. The third-order valence-electron chi connectivity index (χ3n) is 2.97. The highest BCUT2D eigenvalue weighted by molar-refractivity contribution is 7.99. The molecule has 1 fully saturated rings. The number of pyridine rings is 1. The van der Waals surface area contributed by atoms with Crippen LogP contribution in [0, 0.1) is 10.1 Å². The van der Waals surface area contributed by atoms with Crippen LogP contribution < -0.4 is 16.2 Å². The van der Waals surface area contributed by atoms with Crippen LogP contribution in [0.4, 0.5) is 17.3 Å². The summed E-state index contributed by atoms with van der Waals surface area (Å²) in [6, 6.07) is 3.17. The highest BCUT2D eigenvalue weighted by Gasteiger charge is 2.23. The molecule has 1 saturated heterocycles. The van der Waals surface area contributed by atoms with E-state index in [-0.39, 0.29) is 5.69 Å². The van der Waals surface area contributed by atoms with Gasteiger partial charge in [-0.05, 0) is 12.2 Å². The third-order valence-corrected chi connectivity index (χ3v) is 4.11. The highest BCUT2D eigenvalue weighted by Crippen LogP contribution is 2.28. The standard InChI is InChI=1S/C10H15N5O2S/c1-14(7-2-3-18-6-7)10-5-8(15(16)17)4-9(12-10)13-11/h4-5,7H,2-3,6,11H2,1H3,(H,12,13). The van der Waals surface area contributed by atoms with Gasteiger partial charge in [0.15, 0.2) is 0 Å². The molecule has 0 amide bonds. The van der Waals surface area contributed by atoms with Crippen molar-refractivity contribution < 1.29 is 4.92 Å².